The van der Waals surface area contributed by atoms with E-state index in [-0.39, 0.29) is 5.56 Å². The second-order valence-corrected chi connectivity index (χ2v) is 5.92. The van der Waals surface area contributed by atoms with Gasteiger partial charge >= 0.3 is 5.97 Å². The number of hydrogen-bond acceptors (Lipinski definition) is 4. The van der Waals surface area contributed by atoms with Crippen LogP contribution in [0.3, 0.4) is 0 Å². The number of carbonyl (C=O) groups is 1. The highest BCUT2D eigenvalue weighted by Crippen LogP contribution is 2.28. The number of carboxylic acid groups (broad SMARTS) is 1. The quantitative estimate of drug-likeness (QED) is 0.905. The van der Waals surface area contributed by atoms with E-state index in [1.165, 1.54) is 25.5 Å². The topological polar surface area (TPSA) is 56.7 Å². The molecule has 2 atom stereocenters. The molecule has 0 spiro atoms. The molecule has 2 fully saturated rings. The molecule has 108 valence electrons. The van der Waals surface area contributed by atoms with E-state index in [1.54, 1.807) is 6.07 Å². The smallest absolute Gasteiger partial charge is 0.337 e. The number of rotatable bonds is 3. The minimum Gasteiger partial charge on any atom is -0.478 e. The van der Waals surface area contributed by atoms with Gasteiger partial charge in [0.1, 0.15) is 0 Å². The highest BCUT2D eigenvalue weighted by molar-refractivity contribution is 5.87. The Morgan fingerprint density at radius 1 is 1.35 bits per heavy atom. The molecular weight excluding hydrogens is 254 g/mol. The number of carboxylic acids is 1. The molecule has 5 nitrogen and oxygen atoms in total. The van der Waals surface area contributed by atoms with E-state index in [0.717, 1.165) is 31.4 Å². The van der Waals surface area contributed by atoms with Crippen molar-refractivity contribution < 1.29 is 9.90 Å². The molecular formula is C15H21N3O2. The van der Waals surface area contributed by atoms with E-state index in [9.17, 15) is 4.79 Å². The first-order valence-corrected chi connectivity index (χ1v) is 7.26. The second-order valence-electron chi connectivity index (χ2n) is 5.92. The molecule has 3 heterocycles. The Morgan fingerprint density at radius 2 is 2.15 bits per heavy atom. The van der Waals surface area contributed by atoms with Crippen LogP contribution in [-0.2, 0) is 6.54 Å². The van der Waals surface area contributed by atoms with E-state index < -0.39 is 5.97 Å². The molecule has 20 heavy (non-hydrogen) atoms. The Labute approximate surface area is 119 Å². The molecule has 0 amide bonds. The van der Waals surface area contributed by atoms with Gasteiger partial charge in [-0.05, 0) is 38.4 Å². The van der Waals surface area contributed by atoms with Gasteiger partial charge in [-0.1, -0.05) is 0 Å². The lowest BCUT2D eigenvalue weighted by atomic mass is 10.1. The summed E-state index contributed by atoms with van der Waals surface area (Å²) in [5.41, 5.74) is 1.21. The molecule has 1 N–H and O–H groups in total. The summed E-state index contributed by atoms with van der Waals surface area (Å²) in [5.74, 6) is -0.919. The Kier molecular flexibility index (Phi) is 3.72. The summed E-state index contributed by atoms with van der Waals surface area (Å²) in [7, 11) is 2.24. The van der Waals surface area contributed by atoms with Crippen LogP contribution in [0, 0.1) is 0 Å². The number of pyridine rings is 1. The number of fused-ring (bicyclic) bond motifs is 2. The highest BCUT2D eigenvalue weighted by atomic mass is 16.4. The fraction of sp³-hybridized carbons (Fsp3) is 0.600. The molecule has 2 aliphatic heterocycles. The van der Waals surface area contributed by atoms with Gasteiger partial charge in [0.2, 0.25) is 0 Å². The number of aromatic carboxylic acids is 1. The van der Waals surface area contributed by atoms with Gasteiger partial charge < -0.3 is 5.11 Å². The third-order valence-corrected chi connectivity index (χ3v) is 4.69. The van der Waals surface area contributed by atoms with Crippen LogP contribution in [0.4, 0.5) is 0 Å². The average Bonchev–Trinajstić information content (AvgIpc) is 2.68. The SMILES string of the molecule is CN1C2CCC1CN(Cc1ccc(C(=O)O)cn1)CC2. The van der Waals surface area contributed by atoms with E-state index >= 15 is 0 Å². The van der Waals surface area contributed by atoms with Crippen LogP contribution in [0.5, 0.6) is 0 Å². The lowest BCUT2D eigenvalue weighted by Crippen LogP contribution is -2.36. The van der Waals surface area contributed by atoms with Gasteiger partial charge in [0.25, 0.3) is 0 Å². The summed E-state index contributed by atoms with van der Waals surface area (Å²) in [4.78, 5) is 20.1. The molecule has 3 rings (SSSR count). The van der Waals surface area contributed by atoms with Crippen LogP contribution in [-0.4, -0.2) is 58.1 Å². The Morgan fingerprint density at radius 3 is 2.85 bits per heavy atom. The maximum Gasteiger partial charge on any atom is 0.337 e. The summed E-state index contributed by atoms with van der Waals surface area (Å²) >= 11 is 0. The minimum atomic E-state index is -0.919. The summed E-state index contributed by atoms with van der Waals surface area (Å²) in [6.07, 6.45) is 5.30. The summed E-state index contributed by atoms with van der Waals surface area (Å²) < 4.78 is 0. The first-order valence-electron chi connectivity index (χ1n) is 7.26. The zero-order valence-corrected chi connectivity index (χ0v) is 11.8. The van der Waals surface area contributed by atoms with Gasteiger partial charge in [-0.3, -0.25) is 14.8 Å². The Hall–Kier alpha value is -1.46. The molecule has 1 aromatic heterocycles. The molecule has 2 aliphatic rings. The fourth-order valence-electron chi connectivity index (χ4n) is 3.40. The number of likely N-dealkylation sites (N-methyl/N-ethyl adjacent to an activating group) is 1. The van der Waals surface area contributed by atoms with Crippen LogP contribution in [0.25, 0.3) is 0 Å². The van der Waals surface area contributed by atoms with Crippen molar-refractivity contribution in [3.05, 3.63) is 29.6 Å². The normalized spacial score (nSPS) is 27.4. The summed E-state index contributed by atoms with van der Waals surface area (Å²) in [6.45, 7) is 3.01. The monoisotopic (exact) mass is 275 g/mol. The fourth-order valence-corrected chi connectivity index (χ4v) is 3.40. The first-order chi connectivity index (χ1) is 9.63. The van der Waals surface area contributed by atoms with E-state index in [4.69, 9.17) is 5.11 Å². The van der Waals surface area contributed by atoms with Crippen molar-refractivity contribution in [3.63, 3.8) is 0 Å². The third kappa shape index (κ3) is 2.69. The molecule has 2 saturated heterocycles. The minimum absolute atomic E-state index is 0.253. The van der Waals surface area contributed by atoms with Crippen LogP contribution >= 0.6 is 0 Å². The van der Waals surface area contributed by atoms with Crippen LogP contribution in [0.2, 0.25) is 0 Å². The zero-order chi connectivity index (χ0) is 14.1. The van der Waals surface area contributed by atoms with E-state index in [0.29, 0.717) is 6.04 Å². The van der Waals surface area contributed by atoms with Crippen molar-refractivity contribution in [2.45, 2.75) is 37.9 Å². The van der Waals surface area contributed by atoms with Gasteiger partial charge in [0.05, 0.1) is 11.3 Å². The molecule has 1 aromatic rings. The predicted molar refractivity (Wildman–Crippen MR) is 75.7 cm³/mol. The van der Waals surface area contributed by atoms with Crippen molar-refractivity contribution in [2.75, 3.05) is 20.1 Å². The Bertz CT molecular complexity index is 488. The van der Waals surface area contributed by atoms with Gasteiger partial charge in [-0.15, -0.1) is 0 Å². The molecule has 0 aliphatic carbocycles. The van der Waals surface area contributed by atoms with Crippen LogP contribution < -0.4 is 0 Å². The van der Waals surface area contributed by atoms with Crippen molar-refractivity contribution in [3.8, 4) is 0 Å². The largest absolute Gasteiger partial charge is 0.478 e. The molecule has 2 unspecified atom stereocenters. The van der Waals surface area contributed by atoms with Gasteiger partial charge in [0, 0.05) is 37.9 Å². The summed E-state index contributed by atoms with van der Waals surface area (Å²) in [5, 5.41) is 8.88. The van der Waals surface area contributed by atoms with Crippen molar-refractivity contribution in [2.24, 2.45) is 0 Å². The van der Waals surface area contributed by atoms with Crippen molar-refractivity contribution >= 4 is 5.97 Å². The molecule has 0 saturated carbocycles. The van der Waals surface area contributed by atoms with Crippen molar-refractivity contribution in [1.82, 2.24) is 14.8 Å². The lowest BCUT2D eigenvalue weighted by molar-refractivity contribution is 0.0696. The third-order valence-electron chi connectivity index (χ3n) is 4.69. The molecule has 5 heteroatoms. The molecule has 2 bridgehead atoms. The van der Waals surface area contributed by atoms with Gasteiger partial charge in [-0.2, -0.15) is 0 Å². The van der Waals surface area contributed by atoms with Crippen LogP contribution in [0.15, 0.2) is 18.3 Å². The maximum atomic E-state index is 10.8. The number of hydrogen-bond donors (Lipinski definition) is 1. The average molecular weight is 275 g/mol. The lowest BCUT2D eigenvalue weighted by Gasteiger charge is -2.25. The summed E-state index contributed by atoms with van der Waals surface area (Å²) in [6, 6.07) is 4.88. The highest BCUT2D eigenvalue weighted by Gasteiger charge is 2.34. The standard InChI is InChI=1S/C15H21N3O2/c1-17-13-4-5-14(17)10-18(7-6-13)9-12-3-2-11(8-16-12)15(19)20/h2-3,8,13-14H,4-7,9-10H2,1H3,(H,19,20). The Balaban J connectivity index is 1.64. The number of nitrogens with zero attached hydrogens (tertiary/aromatic N) is 3. The van der Waals surface area contributed by atoms with Gasteiger partial charge in [-0.25, -0.2) is 4.79 Å². The van der Waals surface area contributed by atoms with Gasteiger partial charge in [0.15, 0.2) is 0 Å². The predicted octanol–water partition coefficient (Wildman–Crippen LogP) is 1.45. The number of likely N-dealkylation sites (tertiary alicyclic amines) is 1. The second kappa shape index (κ2) is 5.50. The molecule has 0 radical (unpaired) electrons. The maximum absolute atomic E-state index is 10.8. The van der Waals surface area contributed by atoms with Crippen LogP contribution in [0.1, 0.15) is 35.3 Å². The molecule has 0 aromatic carbocycles. The van der Waals surface area contributed by atoms with E-state index in [1.807, 2.05) is 6.07 Å². The van der Waals surface area contributed by atoms with E-state index in [2.05, 4.69) is 21.8 Å². The first kappa shape index (κ1) is 13.5. The zero-order valence-electron chi connectivity index (χ0n) is 11.8. The van der Waals surface area contributed by atoms with Crippen molar-refractivity contribution in [1.29, 1.82) is 0 Å². The number of aromatic nitrogens is 1.